The van der Waals surface area contributed by atoms with Gasteiger partial charge in [0.15, 0.2) is 0 Å². The molecule has 7 heteroatoms. The highest BCUT2D eigenvalue weighted by molar-refractivity contribution is 5.27. The van der Waals surface area contributed by atoms with Gasteiger partial charge in [-0.3, -0.25) is 0 Å². The second kappa shape index (κ2) is 6.78. The van der Waals surface area contributed by atoms with E-state index in [0.717, 1.165) is 19.6 Å². The van der Waals surface area contributed by atoms with Crippen LogP contribution in [0.3, 0.4) is 0 Å². The van der Waals surface area contributed by atoms with Gasteiger partial charge >= 0.3 is 12.0 Å². The number of rotatable bonds is 7. The Morgan fingerprint density at radius 2 is 1.62 bits per heavy atom. The van der Waals surface area contributed by atoms with Crippen LogP contribution >= 0.6 is 0 Å². The molecule has 0 saturated carbocycles. The maximum Gasteiger partial charge on any atom is 0.324 e. The van der Waals surface area contributed by atoms with E-state index in [1.54, 1.807) is 0 Å². The van der Waals surface area contributed by atoms with Crippen molar-refractivity contribution in [3.63, 3.8) is 0 Å². The summed E-state index contributed by atoms with van der Waals surface area (Å²) in [4.78, 5) is 12.0. The number of likely N-dealkylation sites (N-methyl/N-ethyl adjacent to an activating group) is 1. The summed E-state index contributed by atoms with van der Waals surface area (Å²) in [6, 6.07) is 0.468. The SMILES string of the molecule is CCNCCNc1nc(OC)nc(OC)n1. The Hall–Kier alpha value is -1.63. The fourth-order valence-electron chi connectivity index (χ4n) is 1.04. The predicted molar refractivity (Wildman–Crippen MR) is 60.0 cm³/mol. The van der Waals surface area contributed by atoms with E-state index in [1.807, 2.05) is 0 Å². The topological polar surface area (TPSA) is 81.2 Å². The summed E-state index contributed by atoms with van der Waals surface area (Å²) >= 11 is 0. The molecule has 0 bridgehead atoms. The molecule has 0 saturated heterocycles. The smallest absolute Gasteiger partial charge is 0.324 e. The molecule has 0 amide bonds. The molecule has 0 aromatic carbocycles. The third-order valence-electron chi connectivity index (χ3n) is 1.79. The number of anilines is 1. The molecular weight excluding hydrogens is 210 g/mol. The van der Waals surface area contributed by atoms with Crippen molar-refractivity contribution in [1.29, 1.82) is 0 Å². The maximum absolute atomic E-state index is 4.93. The van der Waals surface area contributed by atoms with Gasteiger partial charge in [-0.25, -0.2) is 0 Å². The molecule has 0 radical (unpaired) electrons. The lowest BCUT2D eigenvalue weighted by Gasteiger charge is -2.07. The van der Waals surface area contributed by atoms with Crippen molar-refractivity contribution in [1.82, 2.24) is 20.3 Å². The van der Waals surface area contributed by atoms with Crippen molar-refractivity contribution in [2.75, 3.05) is 39.2 Å². The van der Waals surface area contributed by atoms with E-state index in [1.165, 1.54) is 14.2 Å². The molecule has 7 nitrogen and oxygen atoms in total. The minimum atomic E-state index is 0.234. The van der Waals surface area contributed by atoms with Crippen LogP contribution in [0.25, 0.3) is 0 Å². The first-order chi connectivity index (χ1) is 7.80. The van der Waals surface area contributed by atoms with Crippen molar-refractivity contribution in [2.45, 2.75) is 6.92 Å². The van der Waals surface area contributed by atoms with E-state index in [-0.39, 0.29) is 12.0 Å². The minimum Gasteiger partial charge on any atom is -0.467 e. The molecule has 1 rings (SSSR count). The van der Waals surface area contributed by atoms with Crippen LogP contribution in [0.15, 0.2) is 0 Å². The van der Waals surface area contributed by atoms with Gasteiger partial charge in [0.1, 0.15) is 0 Å². The summed E-state index contributed by atoms with van der Waals surface area (Å²) in [6.07, 6.45) is 0. The molecule has 0 spiro atoms. The monoisotopic (exact) mass is 227 g/mol. The zero-order chi connectivity index (χ0) is 11.8. The van der Waals surface area contributed by atoms with E-state index in [4.69, 9.17) is 9.47 Å². The molecule has 0 aliphatic heterocycles. The Morgan fingerprint density at radius 3 is 2.12 bits per heavy atom. The molecule has 0 unspecified atom stereocenters. The van der Waals surface area contributed by atoms with E-state index in [2.05, 4.69) is 32.5 Å². The summed E-state index contributed by atoms with van der Waals surface area (Å²) in [7, 11) is 2.99. The van der Waals surface area contributed by atoms with Crippen LogP contribution in [0, 0.1) is 0 Å². The number of hydrogen-bond acceptors (Lipinski definition) is 7. The highest BCUT2D eigenvalue weighted by atomic mass is 16.5. The Balaban J connectivity index is 2.57. The fraction of sp³-hybridized carbons (Fsp3) is 0.667. The molecule has 0 aliphatic rings. The van der Waals surface area contributed by atoms with Crippen LogP contribution in [0.2, 0.25) is 0 Å². The van der Waals surface area contributed by atoms with E-state index in [0.29, 0.717) is 5.95 Å². The van der Waals surface area contributed by atoms with Crippen molar-refractivity contribution in [3.8, 4) is 12.0 Å². The first-order valence-electron chi connectivity index (χ1n) is 5.08. The zero-order valence-electron chi connectivity index (χ0n) is 9.78. The third-order valence-corrected chi connectivity index (χ3v) is 1.79. The summed E-state index contributed by atoms with van der Waals surface area (Å²) in [5.74, 6) is 0.446. The molecule has 16 heavy (non-hydrogen) atoms. The molecule has 2 N–H and O–H groups in total. The van der Waals surface area contributed by atoms with Gasteiger partial charge in [-0.2, -0.15) is 9.97 Å². The lowest BCUT2D eigenvalue weighted by atomic mass is 10.6. The molecule has 0 atom stereocenters. The number of nitrogens with zero attached hydrogens (tertiary/aromatic N) is 3. The summed E-state index contributed by atoms with van der Waals surface area (Å²) in [6.45, 7) is 4.55. The van der Waals surface area contributed by atoms with E-state index in [9.17, 15) is 0 Å². The number of hydrogen-bond donors (Lipinski definition) is 2. The van der Waals surface area contributed by atoms with Gasteiger partial charge in [0, 0.05) is 13.1 Å². The number of methoxy groups -OCH3 is 2. The van der Waals surface area contributed by atoms with Crippen molar-refractivity contribution >= 4 is 5.95 Å². The molecule has 1 aromatic rings. The molecule has 0 aliphatic carbocycles. The normalized spacial score (nSPS) is 9.94. The van der Waals surface area contributed by atoms with Gasteiger partial charge in [0.25, 0.3) is 0 Å². The highest BCUT2D eigenvalue weighted by Gasteiger charge is 2.05. The predicted octanol–water partition coefficient (Wildman–Crippen LogP) is -0.0898. The first kappa shape index (κ1) is 12.4. The van der Waals surface area contributed by atoms with Crippen LogP contribution in [-0.2, 0) is 0 Å². The van der Waals surface area contributed by atoms with Crippen LogP contribution < -0.4 is 20.1 Å². The number of ether oxygens (including phenoxy) is 2. The average molecular weight is 227 g/mol. The van der Waals surface area contributed by atoms with Gasteiger partial charge < -0.3 is 20.1 Å². The maximum atomic E-state index is 4.93. The van der Waals surface area contributed by atoms with Crippen LogP contribution in [-0.4, -0.2) is 48.8 Å². The second-order valence-corrected chi connectivity index (χ2v) is 2.91. The second-order valence-electron chi connectivity index (χ2n) is 2.91. The molecule has 0 fully saturated rings. The summed E-state index contributed by atoms with van der Waals surface area (Å²) < 4.78 is 9.85. The van der Waals surface area contributed by atoms with Crippen molar-refractivity contribution in [3.05, 3.63) is 0 Å². The molecule has 1 heterocycles. The lowest BCUT2D eigenvalue weighted by Crippen LogP contribution is -2.22. The minimum absolute atomic E-state index is 0.234. The van der Waals surface area contributed by atoms with E-state index < -0.39 is 0 Å². The van der Waals surface area contributed by atoms with Gasteiger partial charge in [0.2, 0.25) is 5.95 Å². The van der Waals surface area contributed by atoms with Gasteiger partial charge in [0.05, 0.1) is 14.2 Å². The summed E-state index contributed by atoms with van der Waals surface area (Å²) in [5, 5.41) is 6.22. The zero-order valence-corrected chi connectivity index (χ0v) is 9.78. The van der Waals surface area contributed by atoms with Gasteiger partial charge in [-0.15, -0.1) is 4.98 Å². The van der Waals surface area contributed by atoms with Crippen molar-refractivity contribution in [2.24, 2.45) is 0 Å². The number of aromatic nitrogens is 3. The Kier molecular flexibility index (Phi) is 5.27. The van der Waals surface area contributed by atoms with Gasteiger partial charge in [-0.05, 0) is 6.54 Å². The molecular formula is C9H17N5O2. The Bertz CT molecular complexity index is 299. The van der Waals surface area contributed by atoms with Gasteiger partial charge in [-0.1, -0.05) is 6.92 Å². The average Bonchev–Trinajstić information content (AvgIpc) is 2.34. The fourth-order valence-corrected chi connectivity index (χ4v) is 1.04. The number of nitrogens with one attached hydrogen (secondary N) is 2. The molecule has 1 aromatic heterocycles. The van der Waals surface area contributed by atoms with Crippen LogP contribution in [0.5, 0.6) is 12.0 Å². The summed E-state index contributed by atoms with van der Waals surface area (Å²) in [5.41, 5.74) is 0. The van der Waals surface area contributed by atoms with E-state index >= 15 is 0 Å². The quantitative estimate of drug-likeness (QED) is 0.630. The highest BCUT2D eigenvalue weighted by Crippen LogP contribution is 2.11. The van der Waals surface area contributed by atoms with Crippen molar-refractivity contribution < 1.29 is 9.47 Å². The lowest BCUT2D eigenvalue weighted by molar-refractivity contribution is 0.341. The van der Waals surface area contributed by atoms with Crippen LogP contribution in [0.4, 0.5) is 5.95 Å². The largest absolute Gasteiger partial charge is 0.467 e. The Morgan fingerprint density at radius 1 is 1.00 bits per heavy atom. The Labute approximate surface area is 94.6 Å². The first-order valence-corrected chi connectivity index (χ1v) is 5.08. The van der Waals surface area contributed by atoms with Crippen LogP contribution in [0.1, 0.15) is 6.92 Å². The third kappa shape index (κ3) is 3.85. The standard InChI is InChI=1S/C9H17N5O2/c1-4-10-5-6-11-7-12-8(15-2)14-9(13-7)16-3/h10H,4-6H2,1-3H3,(H,11,12,13,14). The molecule has 90 valence electrons.